The standard InChI is InChI=1S/C13H17N3/c1-10-5-6-12(9-15-10)13-4-3-7-16(13)11(2)8-14/h5-6,9,11,13H,3-4,7H2,1-2H3/t11-,13?/m1/s1. The van der Waals surface area contributed by atoms with Gasteiger partial charge in [-0.25, -0.2) is 0 Å². The summed E-state index contributed by atoms with van der Waals surface area (Å²) in [5, 5.41) is 9.00. The molecule has 0 radical (unpaired) electrons. The Morgan fingerprint density at radius 1 is 1.56 bits per heavy atom. The molecule has 0 aliphatic carbocycles. The first-order valence-corrected chi connectivity index (χ1v) is 5.80. The summed E-state index contributed by atoms with van der Waals surface area (Å²) in [4.78, 5) is 6.60. The van der Waals surface area contributed by atoms with Gasteiger partial charge >= 0.3 is 0 Å². The smallest absolute Gasteiger partial charge is 0.0954 e. The number of rotatable bonds is 2. The minimum absolute atomic E-state index is 0.00574. The number of aryl methyl sites for hydroxylation is 1. The fourth-order valence-electron chi connectivity index (χ4n) is 2.36. The van der Waals surface area contributed by atoms with Gasteiger partial charge in [0.2, 0.25) is 0 Å². The lowest BCUT2D eigenvalue weighted by Crippen LogP contribution is -2.31. The van der Waals surface area contributed by atoms with Gasteiger partial charge in [0, 0.05) is 24.5 Å². The maximum Gasteiger partial charge on any atom is 0.0954 e. The third kappa shape index (κ3) is 2.07. The molecule has 0 saturated carbocycles. The Morgan fingerprint density at radius 2 is 2.38 bits per heavy atom. The molecule has 1 aliphatic heterocycles. The highest BCUT2D eigenvalue weighted by Gasteiger charge is 2.29. The Morgan fingerprint density at radius 3 is 3.00 bits per heavy atom. The van der Waals surface area contributed by atoms with E-state index in [4.69, 9.17) is 5.26 Å². The van der Waals surface area contributed by atoms with Gasteiger partial charge in [0.25, 0.3) is 0 Å². The Balaban J connectivity index is 2.20. The van der Waals surface area contributed by atoms with E-state index in [0.29, 0.717) is 6.04 Å². The van der Waals surface area contributed by atoms with Crippen molar-refractivity contribution in [2.45, 2.75) is 38.8 Å². The molecule has 0 amide bonds. The van der Waals surface area contributed by atoms with E-state index < -0.39 is 0 Å². The summed E-state index contributed by atoms with van der Waals surface area (Å²) in [5.74, 6) is 0. The van der Waals surface area contributed by atoms with Crippen molar-refractivity contribution < 1.29 is 0 Å². The summed E-state index contributed by atoms with van der Waals surface area (Å²) in [6.45, 7) is 4.99. The van der Waals surface area contributed by atoms with Gasteiger partial charge in [0.1, 0.15) is 0 Å². The average molecular weight is 215 g/mol. The van der Waals surface area contributed by atoms with Crippen molar-refractivity contribution in [3.05, 3.63) is 29.6 Å². The molecule has 0 spiro atoms. The summed E-state index contributed by atoms with van der Waals surface area (Å²) < 4.78 is 0. The number of nitriles is 1. The second kappa shape index (κ2) is 4.63. The van der Waals surface area contributed by atoms with E-state index in [2.05, 4.69) is 22.0 Å². The summed E-state index contributed by atoms with van der Waals surface area (Å²) in [6, 6.07) is 6.87. The van der Waals surface area contributed by atoms with Crippen LogP contribution in [-0.4, -0.2) is 22.5 Å². The molecule has 0 aromatic carbocycles. The van der Waals surface area contributed by atoms with Crippen LogP contribution in [0.2, 0.25) is 0 Å². The highest BCUT2D eigenvalue weighted by atomic mass is 15.2. The molecule has 3 heteroatoms. The van der Waals surface area contributed by atoms with Crippen LogP contribution in [0.5, 0.6) is 0 Å². The summed E-state index contributed by atoms with van der Waals surface area (Å²) >= 11 is 0. The normalized spacial score (nSPS) is 22.9. The van der Waals surface area contributed by atoms with Gasteiger partial charge in [-0.2, -0.15) is 5.26 Å². The van der Waals surface area contributed by atoms with Crippen LogP contribution in [0.3, 0.4) is 0 Å². The minimum Gasteiger partial charge on any atom is -0.281 e. The lowest BCUT2D eigenvalue weighted by Gasteiger charge is -2.26. The van der Waals surface area contributed by atoms with Crippen LogP contribution >= 0.6 is 0 Å². The Hall–Kier alpha value is -1.40. The molecule has 1 aliphatic rings. The zero-order valence-corrected chi connectivity index (χ0v) is 9.85. The van der Waals surface area contributed by atoms with E-state index in [1.165, 1.54) is 12.0 Å². The van der Waals surface area contributed by atoms with Crippen LogP contribution in [0, 0.1) is 18.3 Å². The molecular weight excluding hydrogens is 198 g/mol. The minimum atomic E-state index is -0.00574. The van der Waals surface area contributed by atoms with Crippen molar-refractivity contribution in [3.63, 3.8) is 0 Å². The number of hydrogen-bond donors (Lipinski definition) is 0. The Labute approximate surface area is 96.7 Å². The number of pyridine rings is 1. The molecule has 0 bridgehead atoms. The summed E-state index contributed by atoms with van der Waals surface area (Å²) in [6.07, 6.45) is 4.25. The molecule has 2 rings (SSSR count). The van der Waals surface area contributed by atoms with Crippen molar-refractivity contribution in [1.82, 2.24) is 9.88 Å². The first-order chi connectivity index (χ1) is 7.72. The summed E-state index contributed by atoms with van der Waals surface area (Å²) in [5.41, 5.74) is 2.28. The molecule has 1 aromatic rings. The maximum absolute atomic E-state index is 9.00. The predicted octanol–water partition coefficient (Wildman–Crippen LogP) is 2.44. The van der Waals surface area contributed by atoms with Crippen molar-refractivity contribution in [2.75, 3.05) is 6.54 Å². The molecule has 1 aromatic heterocycles. The SMILES string of the molecule is Cc1ccc(C2CCCN2[C@H](C)C#N)cn1. The number of aromatic nitrogens is 1. The van der Waals surface area contributed by atoms with Crippen LogP contribution in [-0.2, 0) is 0 Å². The van der Waals surface area contributed by atoms with Gasteiger partial charge in [-0.1, -0.05) is 6.07 Å². The topological polar surface area (TPSA) is 39.9 Å². The first kappa shape index (κ1) is 11.1. The van der Waals surface area contributed by atoms with Crippen LogP contribution in [0.1, 0.15) is 37.1 Å². The second-order valence-corrected chi connectivity index (χ2v) is 4.43. The zero-order valence-electron chi connectivity index (χ0n) is 9.85. The van der Waals surface area contributed by atoms with Crippen molar-refractivity contribution in [1.29, 1.82) is 5.26 Å². The van der Waals surface area contributed by atoms with Crippen molar-refractivity contribution in [3.8, 4) is 6.07 Å². The number of nitrogens with zero attached hydrogens (tertiary/aromatic N) is 3. The van der Waals surface area contributed by atoms with E-state index in [0.717, 1.165) is 18.7 Å². The second-order valence-electron chi connectivity index (χ2n) is 4.43. The Bertz CT molecular complexity index is 391. The van der Waals surface area contributed by atoms with Gasteiger partial charge in [-0.3, -0.25) is 9.88 Å². The van der Waals surface area contributed by atoms with Crippen LogP contribution < -0.4 is 0 Å². The number of hydrogen-bond acceptors (Lipinski definition) is 3. The lowest BCUT2D eigenvalue weighted by atomic mass is 10.1. The highest BCUT2D eigenvalue weighted by molar-refractivity contribution is 5.19. The monoisotopic (exact) mass is 215 g/mol. The summed E-state index contributed by atoms with van der Waals surface area (Å²) in [7, 11) is 0. The molecule has 0 N–H and O–H groups in total. The molecule has 1 unspecified atom stereocenters. The molecule has 16 heavy (non-hydrogen) atoms. The van der Waals surface area contributed by atoms with Gasteiger partial charge in [-0.15, -0.1) is 0 Å². The molecule has 3 nitrogen and oxygen atoms in total. The predicted molar refractivity (Wildman–Crippen MR) is 62.7 cm³/mol. The highest BCUT2D eigenvalue weighted by Crippen LogP contribution is 2.32. The van der Waals surface area contributed by atoms with Crippen LogP contribution in [0.4, 0.5) is 0 Å². The van der Waals surface area contributed by atoms with E-state index in [1.54, 1.807) is 0 Å². The van der Waals surface area contributed by atoms with Crippen molar-refractivity contribution in [2.24, 2.45) is 0 Å². The van der Waals surface area contributed by atoms with Crippen LogP contribution in [0.25, 0.3) is 0 Å². The first-order valence-electron chi connectivity index (χ1n) is 5.80. The lowest BCUT2D eigenvalue weighted by molar-refractivity contribution is 0.229. The molecule has 1 fully saturated rings. The molecule has 2 heterocycles. The van der Waals surface area contributed by atoms with Gasteiger partial charge in [-0.05, 0) is 38.3 Å². The largest absolute Gasteiger partial charge is 0.281 e. The van der Waals surface area contributed by atoms with Gasteiger partial charge in [0.15, 0.2) is 0 Å². The molecule has 84 valence electrons. The fraction of sp³-hybridized carbons (Fsp3) is 0.538. The van der Waals surface area contributed by atoms with Crippen molar-refractivity contribution >= 4 is 0 Å². The van der Waals surface area contributed by atoms with E-state index in [9.17, 15) is 0 Å². The zero-order chi connectivity index (χ0) is 11.5. The average Bonchev–Trinajstić information content (AvgIpc) is 2.78. The van der Waals surface area contributed by atoms with E-state index in [1.807, 2.05) is 26.1 Å². The van der Waals surface area contributed by atoms with E-state index >= 15 is 0 Å². The van der Waals surface area contributed by atoms with E-state index in [-0.39, 0.29) is 6.04 Å². The van der Waals surface area contributed by atoms with Gasteiger partial charge < -0.3 is 0 Å². The molecule has 2 atom stereocenters. The quantitative estimate of drug-likeness (QED) is 0.760. The Kier molecular flexibility index (Phi) is 3.21. The molecule has 1 saturated heterocycles. The van der Waals surface area contributed by atoms with Crippen LogP contribution in [0.15, 0.2) is 18.3 Å². The number of likely N-dealkylation sites (tertiary alicyclic amines) is 1. The maximum atomic E-state index is 9.00. The third-order valence-electron chi connectivity index (χ3n) is 3.30. The van der Waals surface area contributed by atoms with Gasteiger partial charge in [0.05, 0.1) is 12.1 Å². The third-order valence-corrected chi connectivity index (χ3v) is 3.30. The fourth-order valence-corrected chi connectivity index (χ4v) is 2.36. The molecular formula is C13H17N3.